The zero-order valence-electron chi connectivity index (χ0n) is 9.89. The van der Waals surface area contributed by atoms with Crippen LogP contribution in [0.3, 0.4) is 0 Å². The molecule has 1 aromatic heterocycles. The number of rotatable bonds is 0. The fraction of sp³-hybridized carbons (Fsp3) is 0.333. The van der Waals surface area contributed by atoms with Crippen LogP contribution >= 0.6 is 0 Å². The van der Waals surface area contributed by atoms with Crippen molar-refractivity contribution in [1.29, 1.82) is 0 Å². The largest absolute Gasteiger partial charge is 0.451 e. The predicted molar refractivity (Wildman–Crippen MR) is 62.1 cm³/mol. The van der Waals surface area contributed by atoms with Gasteiger partial charge in [-0.3, -0.25) is 4.79 Å². The third-order valence-electron chi connectivity index (χ3n) is 2.05. The van der Waals surface area contributed by atoms with Crippen LogP contribution in [0.5, 0.6) is 0 Å². The second-order valence-electron chi connectivity index (χ2n) is 4.67. The van der Waals surface area contributed by atoms with Gasteiger partial charge in [0, 0.05) is 0 Å². The molecule has 0 aliphatic carbocycles. The molecule has 2 aromatic rings. The molecule has 2 rings (SSSR count). The Morgan fingerprint density at radius 3 is 2.53 bits per heavy atom. The Morgan fingerprint density at radius 2 is 1.94 bits per heavy atom. The van der Waals surface area contributed by atoms with E-state index >= 15 is 0 Å². The Bertz CT molecular complexity index is 615. The molecule has 0 bridgehead atoms. The second-order valence-corrected chi connectivity index (χ2v) is 4.67. The summed E-state index contributed by atoms with van der Waals surface area (Å²) in [5.74, 6) is 0. The molecule has 0 spiro atoms. The summed E-state index contributed by atoms with van der Waals surface area (Å²) in [5, 5.41) is 0.360. The number of ether oxygens (including phenoxy) is 1. The Labute approximate surface area is 97.5 Å². The summed E-state index contributed by atoms with van der Waals surface area (Å²) in [6, 6.07) is 6.66. The van der Waals surface area contributed by atoms with Crippen molar-refractivity contribution in [2.45, 2.75) is 26.4 Å². The van der Waals surface area contributed by atoms with Crippen molar-refractivity contribution in [3.63, 3.8) is 0 Å². The molecule has 0 unspecified atom stereocenters. The van der Waals surface area contributed by atoms with E-state index in [-0.39, 0.29) is 0 Å². The van der Waals surface area contributed by atoms with E-state index in [0.29, 0.717) is 15.7 Å². The third-order valence-corrected chi connectivity index (χ3v) is 2.05. The number of benzene rings is 1. The molecule has 0 N–H and O–H groups in total. The maximum absolute atomic E-state index is 11.8. The summed E-state index contributed by atoms with van der Waals surface area (Å²) in [6.45, 7) is 5.16. The summed E-state index contributed by atoms with van der Waals surface area (Å²) < 4.78 is 10.8. The quantitative estimate of drug-likeness (QED) is 0.703. The fourth-order valence-electron chi connectivity index (χ4n) is 1.40. The van der Waals surface area contributed by atoms with Gasteiger partial charge in [-0.05, 0) is 32.9 Å². The van der Waals surface area contributed by atoms with Crippen LogP contribution in [0.2, 0.25) is 0 Å². The number of hydrogen-bond acceptors (Lipinski definition) is 4. The van der Waals surface area contributed by atoms with Gasteiger partial charge in [-0.2, -0.15) is 0 Å². The molecule has 0 saturated heterocycles. The first-order chi connectivity index (χ1) is 7.88. The van der Waals surface area contributed by atoms with Crippen LogP contribution in [0.15, 0.2) is 33.6 Å². The van der Waals surface area contributed by atoms with E-state index in [4.69, 9.17) is 9.26 Å². The molecule has 0 amide bonds. The lowest BCUT2D eigenvalue weighted by Crippen LogP contribution is -2.31. The highest BCUT2D eigenvalue weighted by molar-refractivity contribution is 5.80. The van der Waals surface area contributed by atoms with Crippen LogP contribution in [0.4, 0.5) is 4.79 Å². The van der Waals surface area contributed by atoms with Gasteiger partial charge in [-0.15, -0.1) is 0 Å². The average molecular weight is 235 g/mol. The lowest BCUT2D eigenvalue weighted by Gasteiger charge is -2.18. The van der Waals surface area contributed by atoms with Crippen LogP contribution in [0.25, 0.3) is 11.0 Å². The molecule has 1 heterocycles. The number of fused-ring (bicyclic) bond motifs is 1. The van der Waals surface area contributed by atoms with E-state index in [0.717, 1.165) is 0 Å². The maximum atomic E-state index is 11.8. The summed E-state index contributed by atoms with van der Waals surface area (Å²) in [4.78, 5) is 23.5. The Balaban J connectivity index is 2.46. The molecule has 5 heteroatoms. The smallest absolute Gasteiger partial charge is 0.441 e. The zero-order valence-corrected chi connectivity index (χ0v) is 9.89. The minimum Gasteiger partial charge on any atom is -0.441 e. The first-order valence-corrected chi connectivity index (χ1v) is 5.23. The van der Waals surface area contributed by atoms with E-state index in [1.54, 1.807) is 45.0 Å². The van der Waals surface area contributed by atoms with Crippen molar-refractivity contribution >= 4 is 17.1 Å². The molecule has 0 saturated carbocycles. The van der Waals surface area contributed by atoms with Gasteiger partial charge in [-0.25, -0.2) is 4.79 Å². The minimum absolute atomic E-state index is 0.360. The Morgan fingerprint density at radius 1 is 1.29 bits per heavy atom. The standard InChI is InChI=1S/C12H13NO4/c1-12(2,3)16-11(15)13-10(14)8-6-4-5-7-9(8)17-13/h4-7H,1-3H3. The molecule has 1 aromatic carbocycles. The Hall–Kier alpha value is -2.04. The molecule has 0 radical (unpaired) electrons. The summed E-state index contributed by atoms with van der Waals surface area (Å²) in [6.07, 6.45) is -0.807. The van der Waals surface area contributed by atoms with Gasteiger partial charge in [0.15, 0.2) is 5.58 Å². The molecule has 90 valence electrons. The molecule has 0 aliphatic heterocycles. The molecule has 0 fully saturated rings. The number of hydrogen-bond donors (Lipinski definition) is 0. The van der Waals surface area contributed by atoms with Gasteiger partial charge in [0.2, 0.25) is 0 Å². The van der Waals surface area contributed by atoms with Crippen molar-refractivity contribution in [2.24, 2.45) is 0 Å². The van der Waals surface area contributed by atoms with Crippen molar-refractivity contribution in [1.82, 2.24) is 4.74 Å². The van der Waals surface area contributed by atoms with Gasteiger partial charge in [0.25, 0.3) is 0 Å². The van der Waals surface area contributed by atoms with E-state index < -0.39 is 17.3 Å². The molecular weight excluding hydrogens is 222 g/mol. The van der Waals surface area contributed by atoms with Crippen molar-refractivity contribution in [3.05, 3.63) is 34.6 Å². The van der Waals surface area contributed by atoms with Crippen LogP contribution in [0, 0.1) is 0 Å². The third kappa shape index (κ3) is 2.22. The number of aromatic nitrogens is 1. The first-order valence-electron chi connectivity index (χ1n) is 5.23. The SMILES string of the molecule is CC(C)(C)OC(=O)n1oc2ccccc2c1=O. The van der Waals surface area contributed by atoms with Gasteiger partial charge in [-0.1, -0.05) is 16.9 Å². The van der Waals surface area contributed by atoms with Crippen LogP contribution in [-0.4, -0.2) is 16.4 Å². The topological polar surface area (TPSA) is 61.4 Å². The second kappa shape index (κ2) is 3.76. The molecule has 0 atom stereocenters. The van der Waals surface area contributed by atoms with Gasteiger partial charge < -0.3 is 9.26 Å². The first kappa shape index (κ1) is 11.4. The van der Waals surface area contributed by atoms with Crippen molar-refractivity contribution in [3.8, 4) is 0 Å². The van der Waals surface area contributed by atoms with Crippen LogP contribution < -0.4 is 5.56 Å². The summed E-state index contributed by atoms with van der Waals surface area (Å²) in [7, 11) is 0. The Kier molecular flexibility index (Phi) is 2.53. The van der Waals surface area contributed by atoms with Gasteiger partial charge in [0.1, 0.15) is 5.60 Å². The number of para-hydroxylation sites is 1. The lowest BCUT2D eigenvalue weighted by atomic mass is 10.2. The normalized spacial score (nSPS) is 11.7. The maximum Gasteiger partial charge on any atom is 0.451 e. The number of carbonyl (C=O) groups is 1. The highest BCUT2D eigenvalue weighted by Gasteiger charge is 2.22. The van der Waals surface area contributed by atoms with E-state index in [1.807, 2.05) is 0 Å². The van der Waals surface area contributed by atoms with Crippen molar-refractivity contribution in [2.75, 3.05) is 0 Å². The zero-order chi connectivity index (χ0) is 12.6. The minimum atomic E-state index is -0.807. The predicted octanol–water partition coefficient (Wildman–Crippen LogP) is 2.38. The fourth-order valence-corrected chi connectivity index (χ4v) is 1.40. The summed E-state index contributed by atoms with van der Waals surface area (Å²) in [5.41, 5.74) is -0.812. The van der Waals surface area contributed by atoms with Gasteiger partial charge >= 0.3 is 11.7 Å². The average Bonchev–Trinajstić information content (AvgIpc) is 2.55. The number of nitrogens with zero attached hydrogens (tertiary/aromatic N) is 1. The van der Waals surface area contributed by atoms with Crippen LogP contribution in [0.1, 0.15) is 20.8 Å². The summed E-state index contributed by atoms with van der Waals surface area (Å²) >= 11 is 0. The molecular formula is C12H13NO4. The van der Waals surface area contributed by atoms with E-state index in [1.165, 1.54) is 0 Å². The van der Waals surface area contributed by atoms with E-state index in [2.05, 4.69) is 0 Å². The van der Waals surface area contributed by atoms with Gasteiger partial charge in [0.05, 0.1) is 5.39 Å². The van der Waals surface area contributed by atoms with E-state index in [9.17, 15) is 9.59 Å². The molecule has 0 aliphatic rings. The molecule has 17 heavy (non-hydrogen) atoms. The molecule has 5 nitrogen and oxygen atoms in total. The lowest BCUT2D eigenvalue weighted by molar-refractivity contribution is 0.0389. The monoisotopic (exact) mass is 235 g/mol. The van der Waals surface area contributed by atoms with Crippen molar-refractivity contribution < 1.29 is 14.1 Å². The van der Waals surface area contributed by atoms with Crippen LogP contribution in [-0.2, 0) is 4.74 Å². The highest BCUT2D eigenvalue weighted by atomic mass is 16.6. The highest BCUT2D eigenvalue weighted by Crippen LogP contribution is 2.12. The number of carbonyl (C=O) groups excluding carboxylic acids is 1.